The molecule has 1 aromatic heterocycles. The third-order valence-corrected chi connectivity index (χ3v) is 3.76. The average molecular weight is 269 g/mol. The fourth-order valence-electron chi connectivity index (χ4n) is 2.51. The van der Waals surface area contributed by atoms with Crippen LogP contribution in [-0.4, -0.2) is 9.55 Å². The van der Waals surface area contributed by atoms with Gasteiger partial charge in [-0.15, -0.1) is 0 Å². The van der Waals surface area contributed by atoms with E-state index in [0.717, 1.165) is 25.0 Å². The molecular formula is C13H14F3N3. The van der Waals surface area contributed by atoms with Crippen molar-refractivity contribution in [1.82, 2.24) is 9.55 Å². The lowest BCUT2D eigenvalue weighted by atomic mass is 10.1. The Balaban J connectivity index is 2.12. The van der Waals surface area contributed by atoms with Crippen LogP contribution in [0, 0.1) is 5.92 Å². The average Bonchev–Trinajstić information content (AvgIpc) is 3.09. The number of hydrogen-bond donors (Lipinski definition) is 1. The van der Waals surface area contributed by atoms with Gasteiger partial charge in [0, 0.05) is 6.04 Å². The summed E-state index contributed by atoms with van der Waals surface area (Å²) < 4.78 is 39.8. The van der Waals surface area contributed by atoms with Gasteiger partial charge in [-0.05, 0) is 43.9 Å². The van der Waals surface area contributed by atoms with E-state index in [2.05, 4.69) is 4.98 Å². The molecule has 0 aliphatic heterocycles. The van der Waals surface area contributed by atoms with E-state index in [4.69, 9.17) is 5.73 Å². The van der Waals surface area contributed by atoms with Crippen molar-refractivity contribution in [2.45, 2.75) is 32.0 Å². The molecule has 2 aromatic rings. The predicted molar refractivity (Wildman–Crippen MR) is 66.6 cm³/mol. The van der Waals surface area contributed by atoms with Crippen molar-refractivity contribution < 1.29 is 13.2 Å². The van der Waals surface area contributed by atoms with Crippen LogP contribution in [-0.2, 0) is 6.18 Å². The van der Waals surface area contributed by atoms with Crippen molar-refractivity contribution in [2.75, 3.05) is 5.73 Å². The number of nitrogens with zero attached hydrogens (tertiary/aromatic N) is 2. The number of rotatable bonds is 2. The van der Waals surface area contributed by atoms with Gasteiger partial charge in [-0.1, -0.05) is 0 Å². The van der Waals surface area contributed by atoms with E-state index in [0.29, 0.717) is 17.0 Å². The zero-order chi connectivity index (χ0) is 13.8. The van der Waals surface area contributed by atoms with E-state index in [9.17, 15) is 13.2 Å². The summed E-state index contributed by atoms with van der Waals surface area (Å²) in [7, 11) is 0. The van der Waals surface area contributed by atoms with Crippen molar-refractivity contribution in [2.24, 2.45) is 5.92 Å². The second-order valence-corrected chi connectivity index (χ2v) is 5.12. The molecule has 19 heavy (non-hydrogen) atoms. The molecule has 2 N–H and O–H groups in total. The Kier molecular flexibility index (Phi) is 2.52. The predicted octanol–water partition coefficient (Wildman–Crippen LogP) is 3.61. The number of fused-ring (bicyclic) bond motifs is 1. The molecule has 1 fully saturated rings. The number of nitrogens with two attached hydrogens (primary N) is 1. The minimum Gasteiger partial charge on any atom is -0.369 e. The van der Waals surface area contributed by atoms with Crippen LogP contribution in [0.25, 0.3) is 11.0 Å². The molecule has 3 nitrogen and oxygen atoms in total. The molecule has 0 spiro atoms. The van der Waals surface area contributed by atoms with Crippen LogP contribution in [0.1, 0.15) is 31.4 Å². The molecule has 1 saturated carbocycles. The first-order valence-electron chi connectivity index (χ1n) is 6.22. The van der Waals surface area contributed by atoms with Gasteiger partial charge in [-0.25, -0.2) is 4.98 Å². The van der Waals surface area contributed by atoms with Gasteiger partial charge in [0.2, 0.25) is 5.95 Å². The van der Waals surface area contributed by atoms with Crippen LogP contribution in [0.3, 0.4) is 0 Å². The van der Waals surface area contributed by atoms with E-state index < -0.39 is 11.7 Å². The van der Waals surface area contributed by atoms with Crippen molar-refractivity contribution in [3.05, 3.63) is 23.8 Å². The number of anilines is 1. The molecule has 0 amide bonds. The van der Waals surface area contributed by atoms with E-state index in [-0.39, 0.29) is 12.0 Å². The lowest BCUT2D eigenvalue weighted by Crippen LogP contribution is -2.10. The lowest BCUT2D eigenvalue weighted by molar-refractivity contribution is -0.137. The monoisotopic (exact) mass is 269 g/mol. The summed E-state index contributed by atoms with van der Waals surface area (Å²) in [5.74, 6) is 0.843. The minimum atomic E-state index is -4.35. The molecule has 102 valence electrons. The lowest BCUT2D eigenvalue weighted by Gasteiger charge is -2.15. The molecular weight excluding hydrogens is 255 g/mol. The number of hydrogen-bond acceptors (Lipinski definition) is 2. The van der Waals surface area contributed by atoms with Gasteiger partial charge in [-0.3, -0.25) is 0 Å². The Morgan fingerprint density at radius 2 is 2.05 bits per heavy atom. The zero-order valence-electron chi connectivity index (χ0n) is 10.4. The highest BCUT2D eigenvalue weighted by Crippen LogP contribution is 2.42. The molecule has 1 heterocycles. The number of benzene rings is 1. The highest BCUT2D eigenvalue weighted by Gasteiger charge is 2.33. The van der Waals surface area contributed by atoms with Gasteiger partial charge in [0.1, 0.15) is 0 Å². The SMILES string of the molecule is CC(C1CC1)n1c(N)nc2cc(C(F)(F)F)ccc21. The first-order chi connectivity index (χ1) is 8.88. The van der Waals surface area contributed by atoms with Gasteiger partial charge >= 0.3 is 6.18 Å². The van der Waals surface area contributed by atoms with Gasteiger partial charge in [0.25, 0.3) is 0 Å². The number of aromatic nitrogens is 2. The van der Waals surface area contributed by atoms with Crippen LogP contribution >= 0.6 is 0 Å². The number of imidazole rings is 1. The number of halogens is 3. The molecule has 0 bridgehead atoms. The van der Waals surface area contributed by atoms with Crippen LogP contribution < -0.4 is 5.73 Å². The summed E-state index contributed by atoms with van der Waals surface area (Å²) in [4.78, 5) is 4.06. The maximum atomic E-state index is 12.7. The van der Waals surface area contributed by atoms with E-state index in [1.54, 1.807) is 0 Å². The van der Waals surface area contributed by atoms with Crippen molar-refractivity contribution in [3.63, 3.8) is 0 Å². The van der Waals surface area contributed by atoms with Gasteiger partial charge in [-0.2, -0.15) is 13.2 Å². The Bertz CT molecular complexity index is 626. The molecule has 1 aromatic carbocycles. The van der Waals surface area contributed by atoms with Crippen LogP contribution in [0.2, 0.25) is 0 Å². The molecule has 0 saturated heterocycles. The van der Waals surface area contributed by atoms with E-state index in [1.165, 1.54) is 6.07 Å². The maximum Gasteiger partial charge on any atom is 0.416 e. The number of alkyl halides is 3. The largest absolute Gasteiger partial charge is 0.416 e. The topological polar surface area (TPSA) is 43.8 Å². The van der Waals surface area contributed by atoms with Gasteiger partial charge < -0.3 is 10.3 Å². The highest BCUT2D eigenvalue weighted by atomic mass is 19.4. The highest BCUT2D eigenvalue weighted by molar-refractivity contribution is 5.79. The molecule has 1 aliphatic carbocycles. The maximum absolute atomic E-state index is 12.7. The molecule has 3 rings (SSSR count). The van der Waals surface area contributed by atoms with Crippen molar-refractivity contribution in [3.8, 4) is 0 Å². The second-order valence-electron chi connectivity index (χ2n) is 5.12. The van der Waals surface area contributed by atoms with E-state index in [1.807, 2.05) is 11.5 Å². The van der Waals surface area contributed by atoms with Crippen LogP contribution in [0.5, 0.6) is 0 Å². The molecule has 6 heteroatoms. The smallest absolute Gasteiger partial charge is 0.369 e. The summed E-state index contributed by atoms with van der Waals surface area (Å²) >= 11 is 0. The first-order valence-corrected chi connectivity index (χ1v) is 6.22. The number of nitrogen functional groups attached to an aromatic ring is 1. The Morgan fingerprint density at radius 3 is 2.63 bits per heavy atom. The van der Waals surface area contributed by atoms with E-state index >= 15 is 0 Å². The van der Waals surface area contributed by atoms with Crippen molar-refractivity contribution >= 4 is 17.0 Å². The summed E-state index contributed by atoms with van der Waals surface area (Å²) in [5.41, 5.74) is 6.14. The Morgan fingerprint density at radius 1 is 1.37 bits per heavy atom. The van der Waals surface area contributed by atoms with Crippen molar-refractivity contribution in [1.29, 1.82) is 0 Å². The Hall–Kier alpha value is -1.72. The Labute approximate surface area is 108 Å². The minimum absolute atomic E-state index is 0.182. The summed E-state index contributed by atoms with van der Waals surface area (Å²) in [6.45, 7) is 2.03. The fourth-order valence-corrected chi connectivity index (χ4v) is 2.51. The van der Waals surface area contributed by atoms with Gasteiger partial charge in [0.15, 0.2) is 0 Å². The van der Waals surface area contributed by atoms with Crippen LogP contribution in [0.4, 0.5) is 19.1 Å². The standard InChI is InChI=1S/C13H14F3N3/c1-7(8-2-3-8)19-11-5-4-9(13(14,15)16)6-10(11)18-12(19)17/h4-8H,2-3H2,1H3,(H2,17,18). The molecule has 1 unspecified atom stereocenters. The summed E-state index contributed by atoms with van der Waals surface area (Å²) in [6.07, 6.45) is -2.07. The molecule has 0 radical (unpaired) electrons. The quantitative estimate of drug-likeness (QED) is 0.905. The normalized spacial score (nSPS) is 17.9. The fraction of sp³-hybridized carbons (Fsp3) is 0.462. The third-order valence-electron chi connectivity index (χ3n) is 3.76. The van der Waals surface area contributed by atoms with Crippen LogP contribution in [0.15, 0.2) is 18.2 Å². The third kappa shape index (κ3) is 2.05. The summed E-state index contributed by atoms with van der Waals surface area (Å²) in [6, 6.07) is 3.78. The molecule has 1 aliphatic rings. The molecule has 1 atom stereocenters. The van der Waals surface area contributed by atoms with Gasteiger partial charge in [0.05, 0.1) is 16.6 Å². The second kappa shape index (κ2) is 3.88. The first kappa shape index (κ1) is 12.3. The zero-order valence-corrected chi connectivity index (χ0v) is 10.4. The summed E-state index contributed by atoms with van der Waals surface area (Å²) in [5, 5.41) is 0.